The second-order valence-electron chi connectivity index (χ2n) is 4.34. The maximum absolute atomic E-state index is 8.70. The summed E-state index contributed by atoms with van der Waals surface area (Å²) >= 11 is 0. The van der Waals surface area contributed by atoms with E-state index in [2.05, 4.69) is 38.7 Å². The molecule has 0 amide bonds. The second kappa shape index (κ2) is 5.37. The molecule has 1 aromatic carbocycles. The number of nitriles is 1. The molecule has 0 fully saturated rings. The molecular formula is C14H18N2. The Hall–Kier alpha value is -1.75. The van der Waals surface area contributed by atoms with Crippen molar-refractivity contribution in [1.82, 2.24) is 5.32 Å². The van der Waals surface area contributed by atoms with Gasteiger partial charge in [0, 0.05) is 11.7 Å². The average molecular weight is 214 g/mol. The first kappa shape index (κ1) is 12.3. The summed E-state index contributed by atoms with van der Waals surface area (Å²) < 4.78 is 0. The van der Waals surface area contributed by atoms with E-state index in [1.165, 1.54) is 0 Å². The highest BCUT2D eigenvalue weighted by molar-refractivity contribution is 5.62. The van der Waals surface area contributed by atoms with Crippen LogP contribution in [0.4, 0.5) is 0 Å². The van der Waals surface area contributed by atoms with Crippen LogP contribution in [0.5, 0.6) is 0 Å². The zero-order chi connectivity index (χ0) is 12.1. The molecule has 1 N–H and O–H groups in total. The van der Waals surface area contributed by atoms with Gasteiger partial charge in [-0.05, 0) is 30.5 Å². The Morgan fingerprint density at radius 1 is 1.25 bits per heavy atom. The molecule has 0 aliphatic rings. The third kappa shape index (κ3) is 3.13. The van der Waals surface area contributed by atoms with Crippen LogP contribution in [-0.2, 0) is 0 Å². The van der Waals surface area contributed by atoms with Gasteiger partial charge < -0.3 is 5.32 Å². The van der Waals surface area contributed by atoms with Crippen LogP contribution in [-0.4, -0.2) is 6.04 Å². The van der Waals surface area contributed by atoms with Crippen LogP contribution in [0.15, 0.2) is 30.8 Å². The molecule has 84 valence electrons. The minimum absolute atomic E-state index is 0.392. The number of rotatable bonds is 4. The van der Waals surface area contributed by atoms with Crippen molar-refractivity contribution in [3.63, 3.8) is 0 Å². The fourth-order valence-corrected chi connectivity index (χ4v) is 1.27. The molecule has 0 spiro atoms. The normalized spacial score (nSPS) is 11.9. The van der Waals surface area contributed by atoms with E-state index in [0.29, 0.717) is 17.5 Å². The number of benzene rings is 1. The van der Waals surface area contributed by atoms with Gasteiger partial charge in [0.2, 0.25) is 0 Å². The first-order valence-corrected chi connectivity index (χ1v) is 5.50. The lowest BCUT2D eigenvalue weighted by Crippen LogP contribution is -2.28. The van der Waals surface area contributed by atoms with Gasteiger partial charge in [0.15, 0.2) is 0 Å². The Morgan fingerprint density at radius 3 is 2.25 bits per heavy atom. The lowest BCUT2D eigenvalue weighted by Gasteiger charge is -2.20. The summed E-state index contributed by atoms with van der Waals surface area (Å²) in [4.78, 5) is 0. The van der Waals surface area contributed by atoms with Crippen LogP contribution in [0.3, 0.4) is 0 Å². The van der Waals surface area contributed by atoms with E-state index >= 15 is 0 Å². The summed E-state index contributed by atoms with van der Waals surface area (Å²) in [5.41, 5.74) is 2.62. The monoisotopic (exact) mass is 214 g/mol. The van der Waals surface area contributed by atoms with E-state index in [1.807, 2.05) is 24.3 Å². The Labute approximate surface area is 97.6 Å². The van der Waals surface area contributed by atoms with Crippen molar-refractivity contribution in [2.45, 2.75) is 26.8 Å². The van der Waals surface area contributed by atoms with Crippen LogP contribution in [0, 0.1) is 17.2 Å². The summed E-state index contributed by atoms with van der Waals surface area (Å²) in [7, 11) is 0. The van der Waals surface area contributed by atoms with Crippen molar-refractivity contribution in [1.29, 1.82) is 5.26 Å². The average Bonchev–Trinajstić information content (AvgIpc) is 2.28. The number of nitrogens with one attached hydrogen (secondary N) is 1. The summed E-state index contributed by atoms with van der Waals surface area (Å²) in [5.74, 6) is 0.565. The summed E-state index contributed by atoms with van der Waals surface area (Å²) in [6.07, 6.45) is 0. The van der Waals surface area contributed by atoms with E-state index in [4.69, 9.17) is 5.26 Å². The lowest BCUT2D eigenvalue weighted by molar-refractivity contribution is 0.481. The Morgan fingerprint density at radius 2 is 1.81 bits per heavy atom. The van der Waals surface area contributed by atoms with Gasteiger partial charge in [-0.1, -0.05) is 32.6 Å². The number of hydrogen-bond acceptors (Lipinski definition) is 2. The maximum Gasteiger partial charge on any atom is 0.0991 e. The van der Waals surface area contributed by atoms with Crippen LogP contribution in [0.2, 0.25) is 0 Å². The van der Waals surface area contributed by atoms with Crippen LogP contribution >= 0.6 is 0 Å². The van der Waals surface area contributed by atoms with Crippen LogP contribution in [0.25, 0.3) is 5.70 Å². The minimum Gasteiger partial charge on any atom is -0.382 e. The van der Waals surface area contributed by atoms with Crippen molar-refractivity contribution in [2.24, 2.45) is 5.92 Å². The van der Waals surface area contributed by atoms with Gasteiger partial charge in [-0.2, -0.15) is 5.26 Å². The molecule has 1 rings (SSSR count). The second-order valence-corrected chi connectivity index (χ2v) is 4.34. The standard InChI is InChI=1S/C14H18N2/c1-10(2)11(3)16-12(4)14-7-5-13(9-15)6-8-14/h5-8,10-11,16H,4H2,1-3H3/t11-/m1/s1. The quantitative estimate of drug-likeness (QED) is 0.835. The molecule has 0 radical (unpaired) electrons. The van der Waals surface area contributed by atoms with E-state index in [-0.39, 0.29) is 0 Å². The van der Waals surface area contributed by atoms with Gasteiger partial charge in [-0.25, -0.2) is 0 Å². The molecule has 2 nitrogen and oxygen atoms in total. The summed E-state index contributed by atoms with van der Waals surface area (Å²) in [6, 6.07) is 9.94. The fraction of sp³-hybridized carbons (Fsp3) is 0.357. The number of hydrogen-bond donors (Lipinski definition) is 1. The topological polar surface area (TPSA) is 35.8 Å². The lowest BCUT2D eigenvalue weighted by atomic mass is 10.0. The molecular weight excluding hydrogens is 196 g/mol. The van der Waals surface area contributed by atoms with Crippen molar-refractivity contribution in [3.05, 3.63) is 42.0 Å². The largest absolute Gasteiger partial charge is 0.382 e. The van der Waals surface area contributed by atoms with Crippen molar-refractivity contribution in [3.8, 4) is 6.07 Å². The van der Waals surface area contributed by atoms with E-state index in [0.717, 1.165) is 11.3 Å². The molecule has 1 atom stereocenters. The van der Waals surface area contributed by atoms with Gasteiger partial charge in [0.1, 0.15) is 0 Å². The van der Waals surface area contributed by atoms with E-state index in [9.17, 15) is 0 Å². The molecule has 0 aromatic heterocycles. The minimum atomic E-state index is 0.392. The zero-order valence-electron chi connectivity index (χ0n) is 10.1. The maximum atomic E-state index is 8.70. The molecule has 0 aliphatic carbocycles. The molecule has 0 bridgehead atoms. The van der Waals surface area contributed by atoms with Gasteiger partial charge >= 0.3 is 0 Å². The van der Waals surface area contributed by atoms with E-state index < -0.39 is 0 Å². The fourth-order valence-electron chi connectivity index (χ4n) is 1.27. The van der Waals surface area contributed by atoms with Crippen LogP contribution in [0.1, 0.15) is 31.9 Å². The zero-order valence-corrected chi connectivity index (χ0v) is 10.1. The highest BCUT2D eigenvalue weighted by Gasteiger charge is 2.08. The highest BCUT2D eigenvalue weighted by Crippen LogP contribution is 2.13. The molecule has 1 aromatic rings. The summed E-state index contributed by atoms with van der Waals surface area (Å²) in [6.45, 7) is 10.5. The smallest absolute Gasteiger partial charge is 0.0991 e. The number of nitrogens with zero attached hydrogens (tertiary/aromatic N) is 1. The van der Waals surface area contributed by atoms with Gasteiger partial charge in [-0.3, -0.25) is 0 Å². The van der Waals surface area contributed by atoms with Gasteiger partial charge in [0.05, 0.1) is 11.6 Å². The molecule has 0 saturated heterocycles. The molecule has 0 saturated carbocycles. The van der Waals surface area contributed by atoms with Gasteiger partial charge in [-0.15, -0.1) is 0 Å². The molecule has 0 unspecified atom stereocenters. The molecule has 16 heavy (non-hydrogen) atoms. The van der Waals surface area contributed by atoms with Crippen molar-refractivity contribution in [2.75, 3.05) is 0 Å². The van der Waals surface area contributed by atoms with Crippen molar-refractivity contribution >= 4 is 5.70 Å². The van der Waals surface area contributed by atoms with E-state index in [1.54, 1.807) is 0 Å². The van der Waals surface area contributed by atoms with Gasteiger partial charge in [0.25, 0.3) is 0 Å². The Bertz CT molecular complexity index is 396. The molecule has 2 heteroatoms. The predicted molar refractivity (Wildman–Crippen MR) is 67.6 cm³/mol. The molecule has 0 aliphatic heterocycles. The highest BCUT2D eigenvalue weighted by atomic mass is 14.9. The van der Waals surface area contributed by atoms with Crippen molar-refractivity contribution < 1.29 is 0 Å². The third-order valence-corrected chi connectivity index (χ3v) is 2.76. The first-order chi connectivity index (χ1) is 7.54. The predicted octanol–water partition coefficient (Wildman–Crippen LogP) is 3.16. The SMILES string of the molecule is C=C(N[C@H](C)C(C)C)c1ccc(C#N)cc1. The Kier molecular flexibility index (Phi) is 4.13. The van der Waals surface area contributed by atoms with Crippen LogP contribution < -0.4 is 5.32 Å². The summed E-state index contributed by atoms with van der Waals surface area (Å²) in [5, 5.41) is 12.1. The first-order valence-electron chi connectivity index (χ1n) is 5.50. The Balaban J connectivity index is 2.70. The molecule has 0 heterocycles. The third-order valence-electron chi connectivity index (χ3n) is 2.76.